The second kappa shape index (κ2) is 36.1. The van der Waals surface area contributed by atoms with E-state index in [4.69, 9.17) is 33.4 Å². The molecule has 4 aromatic carbocycles. The standard InChI is InChI=1S/C12H10F3N3OS.C12H12F3N3S.C12H9F3N2OS.C7H6F3N.C5H4ClNOS.CH4O.ClH2NO.U/c1-7(18-19)10-6-16-11(20-10)17-9-4-2-8(3-5-9)12(13,14)15;1-7(16)10-6-17-11(19-10)18-9-4-2-8(3-5-9)12(13,14)15;1-7(18)10-6-16-11(19-10)17-9-4-2-8(3-5-9)12(13,14)15;8-7(9,10)5-1-3-6(11)4-2-5;1-3(8)4-2-7-5(6)9-4;1-2;1-3-2;/h2-6,19H,1H3,(H,16,17);2-7H,16H2,1H3,(H,17,18);2-6H,1H3,(H,16,17);1-4H,11H2;2H,1H3;2H,1H3;2H2;. The molecule has 35 heteroatoms. The third kappa shape index (κ3) is 27.8. The van der Waals surface area contributed by atoms with Gasteiger partial charge in [-0.1, -0.05) is 50.8 Å². The Morgan fingerprint density at radius 3 is 1.10 bits per heavy atom. The van der Waals surface area contributed by atoms with Crippen molar-refractivity contribution in [1.29, 1.82) is 0 Å². The first-order chi connectivity index (χ1) is 38.7. The van der Waals surface area contributed by atoms with Crippen molar-refractivity contribution < 1.29 is 108 Å². The molecule has 8 rings (SSSR count). The topological polar surface area (TPSA) is 262 Å². The molecule has 0 aliphatic rings. The Bertz CT molecular complexity index is 3240. The van der Waals surface area contributed by atoms with E-state index in [1.54, 1.807) is 13.1 Å². The number of oxime groups is 1. The Kier molecular flexibility index (Phi) is 32.7. The molecule has 8 aromatic rings. The summed E-state index contributed by atoms with van der Waals surface area (Å²) in [5.41, 5.74) is 10.4. The number of thiazole rings is 4. The van der Waals surface area contributed by atoms with Gasteiger partial charge in [0.25, 0.3) is 0 Å². The molecule has 16 nitrogen and oxygen atoms in total. The molecule has 0 aliphatic carbocycles. The van der Waals surface area contributed by atoms with Crippen LogP contribution < -0.4 is 33.3 Å². The number of aliphatic hydroxyl groups excluding tert-OH is 1. The molecule has 0 fully saturated rings. The van der Waals surface area contributed by atoms with E-state index in [0.29, 0.717) is 63.0 Å². The number of nitrogen functional groups attached to an aromatic ring is 1. The average molecular weight is 1540 g/mol. The second-order valence-electron chi connectivity index (χ2n) is 15.5. The van der Waals surface area contributed by atoms with Crippen molar-refractivity contribution in [2.24, 2.45) is 16.8 Å². The molecule has 4 aromatic heterocycles. The Morgan fingerprint density at radius 2 is 0.833 bits per heavy atom. The first-order valence-electron chi connectivity index (χ1n) is 22.4. The number of nitrogens with two attached hydrogens (primary N) is 3. The number of ketones is 2. The van der Waals surface area contributed by atoms with Crippen LogP contribution in [0.5, 0.6) is 0 Å². The molecule has 11 N–H and O–H groups in total. The van der Waals surface area contributed by atoms with Crippen molar-refractivity contribution in [1.82, 2.24) is 19.9 Å². The van der Waals surface area contributed by atoms with Crippen molar-refractivity contribution >= 4 is 124 Å². The zero-order valence-electron chi connectivity index (χ0n) is 43.6. The van der Waals surface area contributed by atoms with Crippen molar-refractivity contribution in [2.75, 3.05) is 28.8 Å². The van der Waals surface area contributed by atoms with E-state index < -0.39 is 47.0 Å². The maximum atomic E-state index is 12.4. The maximum absolute atomic E-state index is 12.4. The number of hydrogen-bond donors (Lipinski definition) is 8. The molecule has 1 unspecified atom stereocenters. The number of halogens is 14. The molecule has 84 heavy (non-hydrogen) atoms. The van der Waals surface area contributed by atoms with Gasteiger partial charge in [-0.3, -0.25) is 9.59 Å². The van der Waals surface area contributed by atoms with Crippen LogP contribution in [0.25, 0.3) is 0 Å². The summed E-state index contributed by atoms with van der Waals surface area (Å²) in [5, 5.41) is 28.9. The fourth-order valence-electron chi connectivity index (χ4n) is 5.28. The van der Waals surface area contributed by atoms with E-state index in [1.807, 2.05) is 6.92 Å². The fourth-order valence-corrected chi connectivity index (χ4v) is 8.42. The summed E-state index contributed by atoms with van der Waals surface area (Å²) in [6.45, 7) is 6.38. The monoisotopic (exact) mass is 1530 g/mol. The number of aromatic nitrogens is 4. The van der Waals surface area contributed by atoms with Crippen molar-refractivity contribution in [2.45, 2.75) is 58.4 Å². The molecule has 0 bridgehead atoms. The van der Waals surface area contributed by atoms with Crippen molar-refractivity contribution in [3.05, 3.63) is 168 Å². The SMILES string of the molecule is CC(=NO)c1cnc(Nc2ccc(C(F)(F)F)cc2)s1.CC(=O)c1cnc(Cl)s1.CC(=O)c1cnc(Nc2ccc(C(F)(F)F)cc2)s1.CC(N)c1cnc(Nc2ccc(C(F)(F)F)cc2)s1.CO.NOCl.Nc1ccc(C(F)(F)F)cc1.[U]. The minimum atomic E-state index is -4.35. The molecule has 0 radical (unpaired) electrons. The van der Waals surface area contributed by atoms with E-state index in [1.165, 1.54) is 115 Å². The number of nitrogens with one attached hydrogen (secondary N) is 3. The van der Waals surface area contributed by atoms with Crippen LogP contribution in [0, 0.1) is 31.1 Å². The summed E-state index contributed by atoms with van der Waals surface area (Å²) in [6.07, 6.45) is -11.2. The molecule has 1 atom stereocenters. The number of carbonyl (C=O) groups is 2. The third-order valence-corrected chi connectivity index (χ3v) is 13.7. The Morgan fingerprint density at radius 1 is 0.548 bits per heavy atom. The van der Waals surface area contributed by atoms with Crippen LogP contribution in [0.1, 0.15) is 85.1 Å². The zero-order valence-corrected chi connectivity index (χ0v) is 52.6. The van der Waals surface area contributed by atoms with Gasteiger partial charge >= 0.3 is 24.7 Å². The number of aliphatic hydroxyl groups is 1. The van der Waals surface area contributed by atoms with Crippen molar-refractivity contribution in [3.63, 3.8) is 0 Å². The molecule has 0 amide bonds. The van der Waals surface area contributed by atoms with Crippen LogP contribution in [-0.2, 0) is 29.1 Å². The van der Waals surface area contributed by atoms with Crippen LogP contribution in [0.4, 0.5) is 90.8 Å². The average Bonchev–Trinajstić information content (AvgIpc) is 4.41. The van der Waals surface area contributed by atoms with E-state index in [9.17, 15) is 62.3 Å². The van der Waals surface area contributed by atoms with Crippen LogP contribution in [0.15, 0.2) is 127 Å². The Labute approximate surface area is 520 Å². The minimum absolute atomic E-state index is 0. The second-order valence-corrected chi connectivity index (χ2v) is 20.4. The summed E-state index contributed by atoms with van der Waals surface area (Å²) in [6, 6.07) is 18.3. The van der Waals surface area contributed by atoms with Gasteiger partial charge < -0.3 is 37.7 Å². The van der Waals surface area contributed by atoms with Gasteiger partial charge in [-0.25, -0.2) is 19.9 Å². The van der Waals surface area contributed by atoms with Crippen LogP contribution in [-0.4, -0.2) is 54.6 Å². The normalized spacial score (nSPS) is 11.4. The van der Waals surface area contributed by atoms with Gasteiger partial charge in [-0.15, -0.1) is 11.3 Å². The molecule has 0 saturated heterocycles. The molecule has 0 aliphatic heterocycles. The maximum Gasteiger partial charge on any atom is 0.416 e. The number of nitrogens with zero attached hydrogens (tertiary/aromatic N) is 5. The van der Waals surface area contributed by atoms with Crippen LogP contribution >= 0.6 is 68.8 Å². The summed E-state index contributed by atoms with van der Waals surface area (Å²) in [5.74, 6) is 4.03. The summed E-state index contributed by atoms with van der Waals surface area (Å²) < 4.78 is 151. The number of anilines is 7. The van der Waals surface area contributed by atoms with Gasteiger partial charge in [0, 0.05) is 98.1 Å². The molecule has 454 valence electrons. The first kappa shape index (κ1) is 76.1. The molecule has 0 spiro atoms. The number of Topliss-reactive ketones (excluding diaryl/α,β-unsaturated/α-hetero) is 2. The van der Waals surface area contributed by atoms with Gasteiger partial charge in [0.1, 0.15) is 0 Å². The van der Waals surface area contributed by atoms with Gasteiger partial charge in [0.05, 0.1) is 66.9 Å². The van der Waals surface area contributed by atoms with E-state index in [-0.39, 0.29) is 48.7 Å². The van der Waals surface area contributed by atoms with Crippen LogP contribution in [0.2, 0.25) is 4.47 Å². The smallest absolute Gasteiger partial charge is 0.411 e. The quantitative estimate of drug-likeness (QED) is 0.0158. The van der Waals surface area contributed by atoms with Crippen molar-refractivity contribution in [3.8, 4) is 0 Å². The first-order valence-corrected chi connectivity index (χ1v) is 26.3. The fraction of sp³-hybridized carbons (Fsp3) is 0.204. The number of hydrogen-bond acceptors (Lipinski definition) is 20. The Hall–Kier alpha value is -5.96. The van der Waals surface area contributed by atoms with Gasteiger partial charge in [-0.2, -0.15) is 63.0 Å². The van der Waals surface area contributed by atoms with Gasteiger partial charge in [0.15, 0.2) is 31.4 Å². The molecule has 4 heterocycles. The predicted octanol–water partition coefficient (Wildman–Crippen LogP) is 16.1. The zero-order chi connectivity index (χ0) is 62.9. The third-order valence-electron chi connectivity index (χ3n) is 9.29. The van der Waals surface area contributed by atoms with Gasteiger partial charge in [0.2, 0.25) is 0 Å². The predicted molar refractivity (Wildman–Crippen MR) is 299 cm³/mol. The minimum Gasteiger partial charge on any atom is -0.411 e. The van der Waals surface area contributed by atoms with E-state index in [0.717, 1.165) is 71.9 Å². The molecule has 0 saturated carbocycles. The summed E-state index contributed by atoms with van der Waals surface area (Å²) >= 11 is 14.7. The molecular weight excluding hydrogens is 1490 g/mol. The number of alkyl halides is 12. The largest absolute Gasteiger partial charge is 0.416 e. The number of carbonyl (C=O) groups excluding carboxylic acids is 2. The number of benzene rings is 4. The summed E-state index contributed by atoms with van der Waals surface area (Å²) in [4.78, 5) is 40.2. The number of rotatable bonds is 10. The Balaban J connectivity index is 0.000000525. The molecular formula is C49H47Cl2F12N11O5S4U. The van der Waals surface area contributed by atoms with Crippen LogP contribution in [0.3, 0.4) is 0 Å². The van der Waals surface area contributed by atoms with Gasteiger partial charge in [-0.05, 0) is 111 Å². The van der Waals surface area contributed by atoms with E-state index >= 15 is 0 Å². The summed E-state index contributed by atoms with van der Waals surface area (Å²) in [7, 11) is 1.00. The van der Waals surface area contributed by atoms with E-state index in [2.05, 4.69) is 63.2 Å².